The molecule has 7 heteroatoms. The van der Waals surface area contributed by atoms with E-state index in [4.69, 9.17) is 9.47 Å². The molecule has 1 fully saturated rings. The Hall–Kier alpha value is -4.91. The lowest BCUT2D eigenvalue weighted by Crippen LogP contribution is -2.33. The molecule has 3 aromatic rings. The monoisotopic (exact) mass is 507 g/mol. The van der Waals surface area contributed by atoms with Crippen LogP contribution in [0.25, 0.3) is 6.08 Å². The summed E-state index contributed by atoms with van der Waals surface area (Å²) in [6.45, 7) is 9.16. The number of benzene rings is 3. The second-order valence-corrected chi connectivity index (χ2v) is 8.49. The average molecular weight is 508 g/mol. The minimum absolute atomic E-state index is 0.00924. The summed E-state index contributed by atoms with van der Waals surface area (Å²) in [6, 6.07) is 28.2. The van der Waals surface area contributed by atoms with Crippen LogP contribution in [0.1, 0.15) is 12.5 Å². The van der Waals surface area contributed by atoms with E-state index in [2.05, 4.69) is 47.3 Å². The molecule has 0 atom stereocenters. The number of esters is 1. The highest BCUT2D eigenvalue weighted by Gasteiger charge is 2.34. The molecule has 0 aliphatic carbocycles. The minimum Gasteiger partial charge on any atom is -0.460 e. The van der Waals surface area contributed by atoms with E-state index < -0.39 is 5.97 Å². The number of carbonyl (C=O) groups excluding carboxylic acids is 2. The second kappa shape index (κ2) is 12.4. The summed E-state index contributed by atoms with van der Waals surface area (Å²) < 4.78 is 10.9. The van der Waals surface area contributed by atoms with Crippen molar-refractivity contribution < 1.29 is 19.1 Å². The van der Waals surface area contributed by atoms with Crippen LogP contribution in [-0.4, -0.2) is 42.5 Å². The van der Waals surface area contributed by atoms with Crippen LogP contribution < -0.4 is 4.90 Å². The van der Waals surface area contributed by atoms with Crippen LogP contribution in [0.5, 0.6) is 0 Å². The molecular weight excluding hydrogens is 478 g/mol. The van der Waals surface area contributed by atoms with Gasteiger partial charge in [-0.15, -0.1) is 6.58 Å². The van der Waals surface area contributed by atoms with Gasteiger partial charge in [0, 0.05) is 22.6 Å². The summed E-state index contributed by atoms with van der Waals surface area (Å²) in [5.41, 5.74) is 4.11. The van der Waals surface area contributed by atoms with Gasteiger partial charge in [-0.2, -0.15) is 0 Å². The number of hydrogen-bond donors (Lipinski definition) is 0. The van der Waals surface area contributed by atoms with E-state index in [-0.39, 0.29) is 43.0 Å². The van der Waals surface area contributed by atoms with Gasteiger partial charge in [-0.25, -0.2) is 9.79 Å². The summed E-state index contributed by atoms with van der Waals surface area (Å²) in [5, 5.41) is 0. The van der Waals surface area contributed by atoms with Crippen LogP contribution in [-0.2, 0) is 19.1 Å². The quantitative estimate of drug-likeness (QED) is 0.191. The number of amidine groups is 1. The number of hydrogen-bond acceptors (Lipinski definition) is 6. The maximum absolute atomic E-state index is 13.1. The molecule has 0 bridgehead atoms. The second-order valence-electron chi connectivity index (χ2n) is 8.49. The van der Waals surface area contributed by atoms with Gasteiger partial charge < -0.3 is 14.4 Å². The maximum Gasteiger partial charge on any atom is 0.333 e. The van der Waals surface area contributed by atoms with Crippen molar-refractivity contribution in [1.82, 2.24) is 4.90 Å². The highest BCUT2D eigenvalue weighted by molar-refractivity contribution is 6.11. The Morgan fingerprint density at radius 1 is 0.974 bits per heavy atom. The van der Waals surface area contributed by atoms with E-state index in [0.717, 1.165) is 22.6 Å². The Kier molecular flexibility index (Phi) is 8.51. The molecule has 192 valence electrons. The Morgan fingerprint density at radius 3 is 2.11 bits per heavy atom. The molecule has 0 N–H and O–H groups in total. The summed E-state index contributed by atoms with van der Waals surface area (Å²) in [6.07, 6.45) is 3.27. The molecule has 1 aliphatic rings. The molecule has 1 saturated heterocycles. The molecule has 1 amide bonds. The van der Waals surface area contributed by atoms with Crippen molar-refractivity contribution in [3.63, 3.8) is 0 Å². The number of anilines is 3. The van der Waals surface area contributed by atoms with Gasteiger partial charge in [0.15, 0.2) is 5.76 Å². The smallest absolute Gasteiger partial charge is 0.333 e. The number of rotatable bonds is 10. The average Bonchev–Trinajstić information content (AvgIpc) is 3.23. The molecular formula is C31H29N3O4. The summed E-state index contributed by atoms with van der Waals surface area (Å²) in [5.74, 6) is -0.744. The molecule has 1 aliphatic heterocycles. The van der Waals surface area contributed by atoms with E-state index in [0.29, 0.717) is 0 Å². The Morgan fingerprint density at radius 2 is 1.55 bits per heavy atom. The standard InChI is InChI=1S/C31H29N3O4/c1-4-19-32-31-33(20-21-37-30(36)23(2)3)29(35)28(38-31)22-24-15-17-27(18-16-24)34(25-11-7-5-8-12-25)26-13-9-6-10-14-26/h4-18,22H,1-2,19-21H2,3H3/b28-22+,32-31?. The van der Waals surface area contributed by atoms with E-state index in [1.807, 2.05) is 60.7 Å². The van der Waals surface area contributed by atoms with Crippen molar-refractivity contribution in [2.24, 2.45) is 4.99 Å². The van der Waals surface area contributed by atoms with Crippen molar-refractivity contribution in [3.8, 4) is 0 Å². The number of carbonyl (C=O) groups is 2. The SMILES string of the molecule is C=CCN=C1O/C(=C/c2ccc(N(c3ccccc3)c3ccccc3)cc2)C(=O)N1CCOC(=O)C(=C)C. The first-order valence-corrected chi connectivity index (χ1v) is 12.2. The fraction of sp³-hybridized carbons (Fsp3) is 0.129. The summed E-state index contributed by atoms with van der Waals surface area (Å²) in [7, 11) is 0. The zero-order chi connectivity index (χ0) is 26.9. The largest absolute Gasteiger partial charge is 0.460 e. The van der Waals surface area contributed by atoms with Gasteiger partial charge in [-0.1, -0.05) is 61.2 Å². The van der Waals surface area contributed by atoms with Gasteiger partial charge in [-0.05, 0) is 55.0 Å². The number of aliphatic imine (C=N–C) groups is 1. The number of nitrogens with zero attached hydrogens (tertiary/aromatic N) is 3. The van der Waals surface area contributed by atoms with Gasteiger partial charge in [0.1, 0.15) is 6.61 Å². The van der Waals surface area contributed by atoms with Gasteiger partial charge in [0.25, 0.3) is 5.91 Å². The minimum atomic E-state index is -0.516. The third-order valence-corrected chi connectivity index (χ3v) is 5.62. The molecule has 0 aromatic heterocycles. The molecule has 7 nitrogen and oxygen atoms in total. The van der Waals surface area contributed by atoms with E-state index >= 15 is 0 Å². The number of para-hydroxylation sites is 2. The lowest BCUT2D eigenvalue weighted by molar-refractivity contribution is -0.140. The molecule has 3 aromatic carbocycles. The fourth-order valence-electron chi connectivity index (χ4n) is 3.79. The van der Waals surface area contributed by atoms with Gasteiger partial charge in [0.2, 0.25) is 0 Å². The van der Waals surface area contributed by atoms with Crippen molar-refractivity contribution >= 4 is 41.0 Å². The van der Waals surface area contributed by atoms with Crippen molar-refractivity contribution in [3.05, 3.63) is 121 Å². The Balaban J connectivity index is 1.56. The van der Waals surface area contributed by atoms with Gasteiger partial charge in [0.05, 0.1) is 13.1 Å². The van der Waals surface area contributed by atoms with Gasteiger partial charge >= 0.3 is 12.0 Å². The highest BCUT2D eigenvalue weighted by atomic mass is 16.5. The number of amides is 1. The molecule has 0 unspecified atom stereocenters. The predicted octanol–water partition coefficient (Wildman–Crippen LogP) is 6.02. The number of ether oxygens (including phenoxy) is 2. The predicted molar refractivity (Wildman–Crippen MR) is 150 cm³/mol. The van der Waals surface area contributed by atoms with Gasteiger partial charge in [-0.3, -0.25) is 9.69 Å². The molecule has 0 spiro atoms. The Bertz CT molecular complexity index is 1320. The van der Waals surface area contributed by atoms with E-state index in [1.165, 1.54) is 4.90 Å². The topological polar surface area (TPSA) is 71.4 Å². The van der Waals surface area contributed by atoms with Crippen LogP contribution in [0.4, 0.5) is 17.1 Å². The van der Waals surface area contributed by atoms with Crippen LogP contribution in [0.2, 0.25) is 0 Å². The summed E-state index contributed by atoms with van der Waals surface area (Å²) in [4.78, 5) is 32.6. The molecule has 4 rings (SSSR count). The van der Waals surface area contributed by atoms with Crippen LogP contribution >= 0.6 is 0 Å². The highest BCUT2D eigenvalue weighted by Crippen LogP contribution is 2.34. The van der Waals surface area contributed by atoms with E-state index in [9.17, 15) is 9.59 Å². The fourth-order valence-corrected chi connectivity index (χ4v) is 3.79. The van der Waals surface area contributed by atoms with Crippen molar-refractivity contribution in [2.75, 3.05) is 24.6 Å². The molecule has 38 heavy (non-hydrogen) atoms. The lowest BCUT2D eigenvalue weighted by Gasteiger charge is -2.25. The van der Waals surface area contributed by atoms with Crippen LogP contribution in [0.15, 0.2) is 120 Å². The van der Waals surface area contributed by atoms with E-state index in [1.54, 1.807) is 19.1 Å². The van der Waals surface area contributed by atoms with Crippen molar-refractivity contribution in [1.29, 1.82) is 0 Å². The zero-order valence-corrected chi connectivity index (χ0v) is 21.2. The first-order valence-electron chi connectivity index (χ1n) is 12.2. The van der Waals surface area contributed by atoms with Crippen molar-refractivity contribution in [2.45, 2.75) is 6.92 Å². The van der Waals surface area contributed by atoms with Crippen LogP contribution in [0.3, 0.4) is 0 Å². The Labute approximate surface area is 222 Å². The third-order valence-electron chi connectivity index (χ3n) is 5.62. The maximum atomic E-state index is 13.1. The first kappa shape index (κ1) is 26.2. The normalized spacial score (nSPS) is 14.9. The first-order chi connectivity index (χ1) is 18.5. The molecule has 0 radical (unpaired) electrons. The molecule has 1 heterocycles. The lowest BCUT2D eigenvalue weighted by atomic mass is 10.1. The molecule has 0 saturated carbocycles. The zero-order valence-electron chi connectivity index (χ0n) is 21.2. The summed E-state index contributed by atoms with van der Waals surface area (Å²) >= 11 is 0. The third kappa shape index (κ3) is 6.25. The van der Waals surface area contributed by atoms with Crippen LogP contribution in [0, 0.1) is 0 Å².